The van der Waals surface area contributed by atoms with Gasteiger partial charge in [0.2, 0.25) is 0 Å². The molecule has 118 valence electrons. The van der Waals surface area contributed by atoms with Gasteiger partial charge in [-0.2, -0.15) is 0 Å². The average molecular weight is 314 g/mol. The van der Waals surface area contributed by atoms with Crippen LogP contribution in [0, 0.1) is 5.82 Å². The number of esters is 1. The van der Waals surface area contributed by atoms with Crippen LogP contribution >= 0.6 is 0 Å². The summed E-state index contributed by atoms with van der Waals surface area (Å²) < 4.78 is 20.0. The number of benzene rings is 1. The first kappa shape index (κ1) is 15.0. The largest absolute Gasteiger partial charge is 0.505 e. The Labute approximate surface area is 132 Å². The molecule has 3 aromatic rings. The normalized spacial score (nSPS) is 10.9. The van der Waals surface area contributed by atoms with E-state index in [-0.39, 0.29) is 23.9 Å². The summed E-state index contributed by atoms with van der Waals surface area (Å²) in [6.45, 7) is 2.32. The second-order valence-corrected chi connectivity index (χ2v) is 5.05. The van der Waals surface area contributed by atoms with Crippen molar-refractivity contribution in [1.82, 2.24) is 9.55 Å². The van der Waals surface area contributed by atoms with Gasteiger partial charge in [0.05, 0.1) is 18.3 Å². The number of halogens is 1. The van der Waals surface area contributed by atoms with E-state index in [1.165, 1.54) is 18.3 Å². The molecule has 0 radical (unpaired) electrons. The Bertz CT molecular complexity index is 873. The first-order chi connectivity index (χ1) is 11.1. The number of hydrogen-bond acceptors (Lipinski definition) is 4. The minimum Gasteiger partial charge on any atom is -0.505 e. The summed E-state index contributed by atoms with van der Waals surface area (Å²) in [4.78, 5) is 15.7. The zero-order chi connectivity index (χ0) is 16.4. The molecule has 0 saturated heterocycles. The van der Waals surface area contributed by atoms with Crippen LogP contribution in [0.25, 0.3) is 10.9 Å². The summed E-state index contributed by atoms with van der Waals surface area (Å²) in [5, 5.41) is 10.7. The Morgan fingerprint density at radius 1 is 1.39 bits per heavy atom. The van der Waals surface area contributed by atoms with E-state index in [0.29, 0.717) is 17.4 Å². The van der Waals surface area contributed by atoms with Crippen molar-refractivity contribution < 1.29 is 19.0 Å². The van der Waals surface area contributed by atoms with E-state index in [1.54, 1.807) is 25.3 Å². The molecule has 5 nitrogen and oxygen atoms in total. The van der Waals surface area contributed by atoms with Gasteiger partial charge in [-0.1, -0.05) is 12.1 Å². The number of fused-ring (bicyclic) bond motifs is 1. The maximum atomic E-state index is 13.3. The van der Waals surface area contributed by atoms with Crippen LogP contribution in [0.5, 0.6) is 5.75 Å². The van der Waals surface area contributed by atoms with Gasteiger partial charge in [0.25, 0.3) is 0 Å². The number of nitrogens with zero attached hydrogens (tertiary/aromatic N) is 2. The van der Waals surface area contributed by atoms with E-state index >= 15 is 0 Å². The molecule has 0 fully saturated rings. The Morgan fingerprint density at radius 2 is 2.22 bits per heavy atom. The predicted molar refractivity (Wildman–Crippen MR) is 82.9 cm³/mol. The maximum Gasteiger partial charge on any atom is 0.360 e. The van der Waals surface area contributed by atoms with Gasteiger partial charge in [-0.15, -0.1) is 0 Å². The molecular weight excluding hydrogens is 299 g/mol. The standard InChI is InChI=1S/C17H15FN2O3/c1-2-23-17(22)15-16(21)13-6-7-20(14(13)9-19-15)10-11-4-3-5-12(18)8-11/h3-9,21H,2,10H2,1H3. The summed E-state index contributed by atoms with van der Waals surface area (Å²) in [5.74, 6) is -1.17. The van der Waals surface area contributed by atoms with Gasteiger partial charge in [0.1, 0.15) is 5.82 Å². The third kappa shape index (κ3) is 2.88. The van der Waals surface area contributed by atoms with E-state index in [1.807, 2.05) is 10.6 Å². The molecule has 2 heterocycles. The zero-order valence-electron chi connectivity index (χ0n) is 12.5. The fourth-order valence-corrected chi connectivity index (χ4v) is 2.46. The van der Waals surface area contributed by atoms with Crippen molar-refractivity contribution in [3.63, 3.8) is 0 Å². The van der Waals surface area contributed by atoms with E-state index in [2.05, 4.69) is 4.98 Å². The third-order valence-electron chi connectivity index (χ3n) is 3.51. The van der Waals surface area contributed by atoms with Crippen molar-refractivity contribution in [1.29, 1.82) is 0 Å². The second-order valence-electron chi connectivity index (χ2n) is 5.05. The van der Waals surface area contributed by atoms with Crippen LogP contribution in [0.2, 0.25) is 0 Å². The van der Waals surface area contributed by atoms with Gasteiger partial charge in [-0.3, -0.25) is 0 Å². The Morgan fingerprint density at radius 3 is 2.96 bits per heavy atom. The van der Waals surface area contributed by atoms with Crippen LogP contribution in [0.4, 0.5) is 4.39 Å². The number of rotatable bonds is 4. The lowest BCUT2D eigenvalue weighted by atomic mass is 10.2. The molecule has 23 heavy (non-hydrogen) atoms. The third-order valence-corrected chi connectivity index (χ3v) is 3.51. The van der Waals surface area contributed by atoms with Crippen LogP contribution in [-0.2, 0) is 11.3 Å². The molecule has 0 aliphatic heterocycles. The quantitative estimate of drug-likeness (QED) is 0.752. The smallest absolute Gasteiger partial charge is 0.360 e. The molecule has 2 aromatic heterocycles. The first-order valence-corrected chi connectivity index (χ1v) is 7.18. The lowest BCUT2D eigenvalue weighted by molar-refractivity contribution is 0.0516. The van der Waals surface area contributed by atoms with Crippen molar-refractivity contribution in [3.8, 4) is 5.75 Å². The lowest BCUT2D eigenvalue weighted by Gasteiger charge is -2.08. The molecule has 0 atom stereocenters. The molecular formula is C17H15FN2O3. The number of aromatic nitrogens is 2. The van der Waals surface area contributed by atoms with Crippen LogP contribution in [0.1, 0.15) is 23.0 Å². The zero-order valence-corrected chi connectivity index (χ0v) is 12.5. The van der Waals surface area contributed by atoms with Crippen LogP contribution < -0.4 is 0 Å². The molecule has 6 heteroatoms. The molecule has 0 spiro atoms. The van der Waals surface area contributed by atoms with Crippen molar-refractivity contribution >= 4 is 16.9 Å². The highest BCUT2D eigenvalue weighted by Gasteiger charge is 2.18. The predicted octanol–water partition coefficient (Wildman–Crippen LogP) is 3.11. The van der Waals surface area contributed by atoms with Gasteiger partial charge in [0, 0.05) is 18.1 Å². The number of carbonyl (C=O) groups excluding carboxylic acids is 1. The summed E-state index contributed by atoms with van der Waals surface area (Å²) >= 11 is 0. The number of ether oxygens (including phenoxy) is 1. The fraction of sp³-hybridized carbons (Fsp3) is 0.176. The number of pyridine rings is 1. The van der Waals surface area contributed by atoms with E-state index in [0.717, 1.165) is 5.56 Å². The van der Waals surface area contributed by atoms with Crippen LogP contribution in [0.15, 0.2) is 42.7 Å². The molecule has 0 unspecified atom stereocenters. The monoisotopic (exact) mass is 314 g/mol. The molecule has 1 aromatic carbocycles. The maximum absolute atomic E-state index is 13.3. The fourth-order valence-electron chi connectivity index (χ4n) is 2.46. The van der Waals surface area contributed by atoms with E-state index in [4.69, 9.17) is 4.74 Å². The van der Waals surface area contributed by atoms with Crippen LogP contribution in [0.3, 0.4) is 0 Å². The van der Waals surface area contributed by atoms with E-state index in [9.17, 15) is 14.3 Å². The second kappa shape index (κ2) is 6.08. The van der Waals surface area contributed by atoms with Gasteiger partial charge in [-0.05, 0) is 30.7 Å². The lowest BCUT2D eigenvalue weighted by Crippen LogP contribution is -2.07. The molecule has 0 amide bonds. The molecule has 3 rings (SSSR count). The molecule has 1 N–H and O–H groups in total. The molecule has 0 saturated carbocycles. The highest BCUT2D eigenvalue weighted by Crippen LogP contribution is 2.28. The number of hydrogen-bond donors (Lipinski definition) is 1. The highest BCUT2D eigenvalue weighted by molar-refractivity contribution is 5.98. The molecule has 0 aliphatic rings. The Balaban J connectivity index is 1.98. The summed E-state index contributed by atoms with van der Waals surface area (Å²) in [6.07, 6.45) is 3.26. The summed E-state index contributed by atoms with van der Waals surface area (Å²) in [5.41, 5.74) is 1.33. The van der Waals surface area contributed by atoms with Gasteiger partial charge in [0.15, 0.2) is 11.4 Å². The first-order valence-electron chi connectivity index (χ1n) is 7.18. The summed E-state index contributed by atoms with van der Waals surface area (Å²) in [6, 6.07) is 7.98. The number of carbonyl (C=O) groups is 1. The van der Waals surface area contributed by atoms with Gasteiger partial charge in [-0.25, -0.2) is 14.2 Å². The number of aromatic hydroxyl groups is 1. The van der Waals surface area contributed by atoms with Crippen molar-refractivity contribution in [2.45, 2.75) is 13.5 Å². The summed E-state index contributed by atoms with van der Waals surface area (Å²) in [7, 11) is 0. The Hall–Kier alpha value is -2.89. The van der Waals surface area contributed by atoms with Crippen molar-refractivity contribution in [3.05, 3.63) is 59.8 Å². The average Bonchev–Trinajstić information content (AvgIpc) is 2.92. The van der Waals surface area contributed by atoms with Gasteiger partial charge < -0.3 is 14.4 Å². The topological polar surface area (TPSA) is 64.3 Å². The molecule has 0 aliphatic carbocycles. The van der Waals surface area contributed by atoms with E-state index < -0.39 is 5.97 Å². The SMILES string of the molecule is CCOC(=O)c1ncc2c(ccn2Cc2cccc(F)c2)c1O. The highest BCUT2D eigenvalue weighted by atomic mass is 19.1. The van der Waals surface area contributed by atoms with Crippen LogP contribution in [-0.4, -0.2) is 27.2 Å². The van der Waals surface area contributed by atoms with Crippen molar-refractivity contribution in [2.24, 2.45) is 0 Å². The minimum atomic E-state index is -0.662. The Kier molecular flexibility index (Phi) is 3.97. The van der Waals surface area contributed by atoms with Gasteiger partial charge >= 0.3 is 5.97 Å². The minimum absolute atomic E-state index is 0.108. The molecule has 0 bridgehead atoms. The van der Waals surface area contributed by atoms with Crippen molar-refractivity contribution in [2.75, 3.05) is 6.61 Å².